The summed E-state index contributed by atoms with van der Waals surface area (Å²) in [5, 5.41) is 0. The molecule has 0 aliphatic rings. The van der Waals surface area contributed by atoms with Gasteiger partial charge in [0.05, 0.1) is 0 Å². The molecule has 3 rings (SSSR count). The summed E-state index contributed by atoms with van der Waals surface area (Å²) >= 11 is 0. The van der Waals surface area contributed by atoms with Gasteiger partial charge in [0.15, 0.2) is 5.78 Å². The highest BCUT2D eigenvalue weighted by Crippen LogP contribution is 2.26. The maximum absolute atomic E-state index is 14.7. The second kappa shape index (κ2) is 9.60. The van der Waals surface area contributed by atoms with Crippen molar-refractivity contribution in [3.63, 3.8) is 0 Å². The average Bonchev–Trinajstić information content (AvgIpc) is 2.77. The van der Waals surface area contributed by atoms with E-state index < -0.39 is 5.82 Å². The summed E-state index contributed by atoms with van der Waals surface area (Å²) in [6, 6.07) is 11.9. The Morgan fingerprint density at radius 1 is 1.06 bits per heavy atom. The molecule has 31 heavy (non-hydrogen) atoms. The van der Waals surface area contributed by atoms with Crippen molar-refractivity contribution in [1.82, 2.24) is 9.97 Å². The number of aryl methyl sites for hydroxylation is 3. The number of pyridine rings is 2. The van der Waals surface area contributed by atoms with E-state index in [1.807, 2.05) is 26.0 Å². The predicted molar refractivity (Wildman–Crippen MR) is 120 cm³/mol. The molecule has 0 saturated carbocycles. The number of amides is 1. The topological polar surface area (TPSA) is 63.2 Å². The summed E-state index contributed by atoms with van der Waals surface area (Å²) in [7, 11) is 1.62. The van der Waals surface area contributed by atoms with E-state index in [-0.39, 0.29) is 11.7 Å². The lowest BCUT2D eigenvalue weighted by Gasteiger charge is -2.17. The molecule has 0 aliphatic heterocycles. The van der Waals surface area contributed by atoms with Gasteiger partial charge in [-0.25, -0.2) is 4.39 Å². The van der Waals surface area contributed by atoms with Crippen molar-refractivity contribution >= 4 is 17.4 Å². The number of benzene rings is 1. The Labute approximate surface area is 182 Å². The highest BCUT2D eigenvalue weighted by atomic mass is 19.1. The predicted octanol–water partition coefficient (Wildman–Crippen LogP) is 5.09. The summed E-state index contributed by atoms with van der Waals surface area (Å²) in [5.41, 5.74) is 4.72. The van der Waals surface area contributed by atoms with Gasteiger partial charge in [0.25, 0.3) is 0 Å². The number of hydrogen-bond acceptors (Lipinski definition) is 4. The molecule has 6 heteroatoms. The van der Waals surface area contributed by atoms with Crippen molar-refractivity contribution in [2.45, 2.75) is 40.0 Å². The molecule has 0 fully saturated rings. The lowest BCUT2D eigenvalue weighted by atomic mass is 10.0. The summed E-state index contributed by atoms with van der Waals surface area (Å²) in [6.07, 6.45) is 2.78. The lowest BCUT2D eigenvalue weighted by Crippen LogP contribution is -2.25. The third-order valence-electron chi connectivity index (χ3n) is 5.33. The molecule has 0 bridgehead atoms. The van der Waals surface area contributed by atoms with Gasteiger partial charge in [-0.15, -0.1) is 0 Å². The fourth-order valence-electron chi connectivity index (χ4n) is 3.40. The second-order valence-electron chi connectivity index (χ2n) is 7.52. The molecule has 1 amide bonds. The van der Waals surface area contributed by atoms with Crippen molar-refractivity contribution in [3.05, 3.63) is 77.1 Å². The maximum Gasteiger partial charge on any atom is 0.226 e. The first-order valence-corrected chi connectivity index (χ1v) is 10.3. The van der Waals surface area contributed by atoms with Crippen molar-refractivity contribution in [1.29, 1.82) is 0 Å². The van der Waals surface area contributed by atoms with Gasteiger partial charge >= 0.3 is 0 Å². The van der Waals surface area contributed by atoms with Crippen LogP contribution in [0.4, 0.5) is 10.1 Å². The van der Waals surface area contributed by atoms with E-state index in [1.54, 1.807) is 38.2 Å². The van der Waals surface area contributed by atoms with Crippen molar-refractivity contribution in [2.75, 3.05) is 11.9 Å². The molecule has 1 aromatic carbocycles. The molecule has 0 atom stereocenters. The number of aromatic nitrogens is 2. The Morgan fingerprint density at radius 3 is 2.45 bits per heavy atom. The van der Waals surface area contributed by atoms with Crippen molar-refractivity contribution in [3.8, 4) is 11.1 Å². The van der Waals surface area contributed by atoms with Crippen LogP contribution in [0.2, 0.25) is 0 Å². The Hall–Kier alpha value is -3.41. The van der Waals surface area contributed by atoms with E-state index in [9.17, 15) is 14.0 Å². The van der Waals surface area contributed by atoms with Crippen molar-refractivity contribution < 1.29 is 14.0 Å². The Bertz CT molecular complexity index is 1110. The molecule has 3 aromatic rings. The monoisotopic (exact) mass is 419 g/mol. The average molecular weight is 420 g/mol. The van der Waals surface area contributed by atoms with Crippen LogP contribution in [-0.4, -0.2) is 28.7 Å². The Morgan fingerprint density at radius 2 is 1.84 bits per heavy atom. The second-order valence-corrected chi connectivity index (χ2v) is 7.52. The van der Waals surface area contributed by atoms with E-state index >= 15 is 0 Å². The molecule has 0 saturated heterocycles. The molecule has 160 valence electrons. The smallest absolute Gasteiger partial charge is 0.226 e. The van der Waals surface area contributed by atoms with Crippen LogP contribution >= 0.6 is 0 Å². The zero-order chi connectivity index (χ0) is 22.5. The lowest BCUT2D eigenvalue weighted by molar-refractivity contribution is -0.118. The molecule has 0 N–H and O–H groups in total. The fraction of sp³-hybridized carbons (Fsp3) is 0.280. The van der Waals surface area contributed by atoms with Crippen LogP contribution in [0, 0.1) is 19.7 Å². The number of Topliss-reactive ketones (excluding diaryl/α,β-unsaturated/α-hetero) is 1. The Balaban J connectivity index is 1.70. The fourth-order valence-corrected chi connectivity index (χ4v) is 3.40. The Kier molecular flexibility index (Phi) is 6.90. The highest BCUT2D eigenvalue weighted by molar-refractivity contribution is 5.95. The van der Waals surface area contributed by atoms with Gasteiger partial charge in [0, 0.05) is 54.3 Å². The summed E-state index contributed by atoms with van der Waals surface area (Å²) in [6.45, 7) is 5.64. The first kappa shape index (κ1) is 22.3. The third kappa shape index (κ3) is 5.20. The molecular weight excluding hydrogens is 393 g/mol. The highest BCUT2D eigenvalue weighted by Gasteiger charge is 2.14. The van der Waals surface area contributed by atoms with Crippen LogP contribution in [-0.2, 0) is 11.2 Å². The van der Waals surface area contributed by atoms with Crippen LogP contribution in [0.1, 0.15) is 47.2 Å². The van der Waals surface area contributed by atoms with E-state index in [0.717, 1.165) is 17.0 Å². The van der Waals surface area contributed by atoms with E-state index in [4.69, 9.17) is 0 Å². The molecule has 0 aliphatic carbocycles. The summed E-state index contributed by atoms with van der Waals surface area (Å²) in [5.74, 6) is -0.605. The van der Waals surface area contributed by atoms with Crippen LogP contribution in [0.5, 0.6) is 0 Å². The molecule has 0 spiro atoms. The normalized spacial score (nSPS) is 10.7. The molecule has 0 radical (unpaired) electrons. The minimum Gasteiger partial charge on any atom is -0.315 e. The minimum atomic E-state index is -0.448. The van der Waals surface area contributed by atoms with Gasteiger partial charge in [-0.05, 0) is 56.2 Å². The van der Waals surface area contributed by atoms with Gasteiger partial charge < -0.3 is 4.90 Å². The number of carbonyl (C=O) groups excluding carboxylic acids is 2. The van der Waals surface area contributed by atoms with Gasteiger partial charge in [-0.1, -0.05) is 19.1 Å². The van der Waals surface area contributed by atoms with Gasteiger partial charge in [0.2, 0.25) is 5.91 Å². The number of rotatable bonds is 7. The van der Waals surface area contributed by atoms with Crippen LogP contribution in [0.15, 0.2) is 48.7 Å². The van der Waals surface area contributed by atoms with Gasteiger partial charge in [-0.2, -0.15) is 0 Å². The molecule has 2 heterocycles. The van der Waals surface area contributed by atoms with Gasteiger partial charge in [0.1, 0.15) is 11.5 Å². The third-order valence-corrected chi connectivity index (χ3v) is 5.33. The van der Waals surface area contributed by atoms with E-state index in [2.05, 4.69) is 9.97 Å². The SMILES string of the molecule is CCC(=O)N(C)c1ccc(-c2ccc(C(=O)CCc3ccc(C)nc3C)nc2)c(F)c1. The standard InChI is InChI=1S/C25H26FN3O2/c1-5-25(31)29(4)20-10-11-21(22(26)14-20)19-8-12-23(27-15-19)24(30)13-9-18-7-6-16(2)28-17(18)3/h6-8,10-12,14-15H,5,9,13H2,1-4H3. The minimum absolute atomic E-state index is 0.0675. The van der Waals surface area contributed by atoms with E-state index in [0.29, 0.717) is 41.8 Å². The van der Waals surface area contributed by atoms with E-state index in [1.165, 1.54) is 17.2 Å². The number of nitrogens with zero attached hydrogens (tertiary/aromatic N) is 3. The molecule has 5 nitrogen and oxygen atoms in total. The maximum atomic E-state index is 14.7. The first-order chi connectivity index (χ1) is 14.8. The zero-order valence-corrected chi connectivity index (χ0v) is 18.3. The largest absolute Gasteiger partial charge is 0.315 e. The number of ketones is 1. The molecular formula is C25H26FN3O2. The quantitative estimate of drug-likeness (QED) is 0.501. The molecule has 0 unspecified atom stereocenters. The van der Waals surface area contributed by atoms with Gasteiger partial charge in [-0.3, -0.25) is 19.6 Å². The number of carbonyl (C=O) groups is 2. The summed E-state index contributed by atoms with van der Waals surface area (Å²) < 4.78 is 14.7. The number of halogens is 1. The van der Waals surface area contributed by atoms with Crippen molar-refractivity contribution in [2.24, 2.45) is 0 Å². The van der Waals surface area contributed by atoms with Crippen LogP contribution in [0.3, 0.4) is 0 Å². The summed E-state index contributed by atoms with van der Waals surface area (Å²) in [4.78, 5) is 34.4. The van der Waals surface area contributed by atoms with Crippen LogP contribution < -0.4 is 4.90 Å². The van der Waals surface area contributed by atoms with Crippen LogP contribution in [0.25, 0.3) is 11.1 Å². The number of hydrogen-bond donors (Lipinski definition) is 0. The zero-order valence-electron chi connectivity index (χ0n) is 18.3. The number of anilines is 1. The first-order valence-electron chi connectivity index (χ1n) is 10.3. The molecule has 2 aromatic heterocycles.